The molecule has 2 aromatic heterocycles. The van der Waals surface area contributed by atoms with Crippen molar-refractivity contribution in [2.45, 2.75) is 44.0 Å². The molecular weight excluding hydrogens is 550 g/mol. The van der Waals surface area contributed by atoms with Gasteiger partial charge in [-0.25, -0.2) is 24.4 Å². The number of aromatic nitrogens is 4. The van der Waals surface area contributed by atoms with Crippen LogP contribution in [0.15, 0.2) is 36.7 Å². The monoisotopic (exact) mass is 578 g/mol. The van der Waals surface area contributed by atoms with E-state index in [9.17, 15) is 9.90 Å². The number of ether oxygens (including phenoxy) is 2. The number of nitrogens with zero attached hydrogens (tertiary/aromatic N) is 4. The summed E-state index contributed by atoms with van der Waals surface area (Å²) in [4.78, 5) is 25.0. The first-order valence-corrected chi connectivity index (χ1v) is 14.4. The summed E-state index contributed by atoms with van der Waals surface area (Å²) in [6.45, 7) is -0.680. The highest BCUT2D eigenvalue weighted by Gasteiger charge is 2.58. The molecule has 0 spiro atoms. The maximum Gasteiger partial charge on any atom is 0.323 e. The number of hydrogen-bond donors (Lipinski definition) is 3. The number of carbonyl (C=O) groups is 1. The van der Waals surface area contributed by atoms with Crippen molar-refractivity contribution in [3.63, 3.8) is 0 Å². The topological polar surface area (TPSA) is 142 Å². The van der Waals surface area contributed by atoms with Crippen molar-refractivity contribution >= 4 is 41.4 Å². The van der Waals surface area contributed by atoms with Crippen LogP contribution in [0.2, 0.25) is 0 Å². The minimum atomic E-state index is -3.46. The largest absolute Gasteiger partial charge is 0.468 e. The first-order chi connectivity index (χ1) is 18.5. The fourth-order valence-electron chi connectivity index (χ4n) is 4.03. The Balaban J connectivity index is 1.61. The summed E-state index contributed by atoms with van der Waals surface area (Å²) in [5, 5.41) is 16.7. The Kier molecular flexibility index (Phi) is 8.51. The molecule has 1 fully saturated rings. The third kappa shape index (κ3) is 5.74. The highest BCUT2D eigenvalue weighted by atomic mass is 32.5. The number of aliphatic hydroxyl groups excluding tert-OH is 1. The van der Waals surface area contributed by atoms with E-state index >= 15 is 4.39 Å². The number of esters is 1. The van der Waals surface area contributed by atoms with Crippen molar-refractivity contribution in [2.75, 3.05) is 26.1 Å². The molecule has 0 radical (unpaired) electrons. The third-order valence-corrected chi connectivity index (χ3v) is 8.47. The van der Waals surface area contributed by atoms with E-state index in [4.69, 9.17) is 36.8 Å². The zero-order chi connectivity index (χ0) is 28.4. The normalized spacial score (nSPS) is 25.0. The number of terminal acetylenes is 1. The molecule has 1 aliphatic rings. The lowest BCUT2D eigenvalue weighted by Gasteiger charge is -2.27. The Bertz CT molecular complexity index is 1440. The summed E-state index contributed by atoms with van der Waals surface area (Å²) in [6, 6.07) is 7.68. The number of fused-ring (bicyclic) bond motifs is 1. The summed E-state index contributed by atoms with van der Waals surface area (Å²) in [7, 11) is 2.90. The Morgan fingerprint density at radius 3 is 2.77 bits per heavy atom. The number of aliphatic hydroxyl groups is 1. The maximum atomic E-state index is 16.2. The van der Waals surface area contributed by atoms with Crippen LogP contribution in [0.5, 0.6) is 5.75 Å². The number of carbonyl (C=O) groups excluding carboxylic acids is 1. The molecule has 4 rings (SSSR count). The van der Waals surface area contributed by atoms with E-state index in [1.807, 2.05) is 5.92 Å². The minimum Gasteiger partial charge on any atom is -0.468 e. The lowest BCUT2D eigenvalue weighted by atomic mass is 9.97. The van der Waals surface area contributed by atoms with Crippen LogP contribution in [0.3, 0.4) is 0 Å². The van der Waals surface area contributed by atoms with Crippen LogP contribution < -0.4 is 14.9 Å². The molecule has 1 aliphatic heterocycles. The van der Waals surface area contributed by atoms with E-state index in [2.05, 4.69) is 25.4 Å². The average molecular weight is 579 g/mol. The smallest absolute Gasteiger partial charge is 0.323 e. The second kappa shape index (κ2) is 11.5. The molecule has 208 valence electrons. The number of aryl methyl sites for hydroxylation is 1. The molecule has 0 aliphatic carbocycles. The number of rotatable bonds is 10. The van der Waals surface area contributed by atoms with Gasteiger partial charge in [-0.3, -0.25) is 9.36 Å². The van der Waals surface area contributed by atoms with Crippen molar-refractivity contribution in [3.05, 3.63) is 42.5 Å². The van der Waals surface area contributed by atoms with E-state index in [0.717, 1.165) is 0 Å². The summed E-state index contributed by atoms with van der Waals surface area (Å²) < 4.78 is 39.9. The number of alkyl halides is 1. The molecule has 1 saturated heterocycles. The van der Waals surface area contributed by atoms with E-state index in [-0.39, 0.29) is 5.65 Å². The van der Waals surface area contributed by atoms with Crippen LogP contribution in [0.1, 0.15) is 19.0 Å². The standard InChI is InChI=1S/C24H28FN6O6PS/c1-6-24(25)19(32)17(36-23(24)31-13-27-18-20(26-4)28-15(3)29-21(18)31)12-35-38(39,30-14(2)22(33)34-5)37-16-10-8-7-9-11-16/h1,7-11,13-14,17,19,23,32H,12H2,2-5H3,(H,30,39)(H,26,28,29)/t14-,17+,19+,23+,24+,38-/m0/s1. The first-order valence-electron chi connectivity index (χ1n) is 11.8. The second-order valence-corrected chi connectivity index (χ2v) is 11.8. The lowest BCUT2D eigenvalue weighted by molar-refractivity contribution is -0.142. The van der Waals surface area contributed by atoms with Gasteiger partial charge in [0.15, 0.2) is 23.2 Å². The average Bonchev–Trinajstić information content (AvgIpc) is 3.45. The molecule has 0 bridgehead atoms. The molecule has 15 heteroatoms. The molecule has 0 saturated carbocycles. The van der Waals surface area contributed by atoms with Crippen molar-refractivity contribution in [1.29, 1.82) is 0 Å². The Morgan fingerprint density at radius 2 is 2.13 bits per heavy atom. The number of imidazole rings is 1. The number of anilines is 1. The fourth-order valence-corrected chi connectivity index (χ4v) is 6.45. The Labute approximate surface area is 229 Å². The number of methoxy groups -OCH3 is 1. The van der Waals surface area contributed by atoms with Gasteiger partial charge in [0, 0.05) is 7.05 Å². The molecule has 0 unspecified atom stereocenters. The number of para-hydroxylation sites is 1. The zero-order valence-corrected chi connectivity index (χ0v) is 23.3. The summed E-state index contributed by atoms with van der Waals surface area (Å²) in [5.74, 6) is 2.65. The van der Waals surface area contributed by atoms with Gasteiger partial charge in [-0.2, -0.15) is 0 Å². The molecule has 12 nitrogen and oxygen atoms in total. The quantitative estimate of drug-likeness (QED) is 0.185. The number of halogens is 1. The highest BCUT2D eigenvalue weighted by Crippen LogP contribution is 2.48. The SMILES string of the molecule is C#C[C@@]1(F)[C@H](O)[C@@H](CO[P@@](=S)(N[C@@H](C)C(=O)OC)Oc2ccccc2)O[C@H]1n1cnc2c(NC)nc(C)nc21. The van der Waals surface area contributed by atoms with Gasteiger partial charge in [-0.1, -0.05) is 24.1 Å². The van der Waals surface area contributed by atoms with Crippen LogP contribution in [0.4, 0.5) is 10.2 Å². The van der Waals surface area contributed by atoms with E-state index in [1.54, 1.807) is 44.3 Å². The molecule has 0 amide bonds. The molecule has 39 heavy (non-hydrogen) atoms. The van der Waals surface area contributed by atoms with Crippen LogP contribution in [-0.2, 0) is 30.6 Å². The third-order valence-electron chi connectivity index (χ3n) is 5.97. The van der Waals surface area contributed by atoms with Gasteiger partial charge >= 0.3 is 12.6 Å². The first kappa shape index (κ1) is 28.8. The van der Waals surface area contributed by atoms with Crippen LogP contribution in [0.25, 0.3) is 11.2 Å². The van der Waals surface area contributed by atoms with E-state index in [1.165, 1.54) is 24.9 Å². The van der Waals surface area contributed by atoms with Gasteiger partial charge in [0.2, 0.25) is 5.67 Å². The van der Waals surface area contributed by atoms with Gasteiger partial charge in [0.25, 0.3) is 0 Å². The van der Waals surface area contributed by atoms with Crippen molar-refractivity contribution in [2.24, 2.45) is 0 Å². The molecular formula is C24H28FN6O6PS. The van der Waals surface area contributed by atoms with Crippen molar-refractivity contribution in [3.8, 4) is 18.1 Å². The second-order valence-electron chi connectivity index (χ2n) is 8.65. The summed E-state index contributed by atoms with van der Waals surface area (Å²) in [6.07, 6.45) is 2.30. The Morgan fingerprint density at radius 1 is 1.41 bits per heavy atom. The summed E-state index contributed by atoms with van der Waals surface area (Å²) in [5.41, 5.74) is -2.04. The van der Waals surface area contributed by atoms with Gasteiger partial charge in [-0.05, 0) is 37.8 Å². The van der Waals surface area contributed by atoms with Crippen LogP contribution in [-0.4, -0.2) is 75.3 Å². The maximum absolute atomic E-state index is 16.2. The fraction of sp³-hybridized carbons (Fsp3) is 0.417. The number of benzene rings is 1. The molecule has 1 aromatic carbocycles. The van der Waals surface area contributed by atoms with Gasteiger partial charge in [-0.15, -0.1) is 6.42 Å². The van der Waals surface area contributed by atoms with Gasteiger partial charge in [0.05, 0.1) is 20.0 Å². The molecule has 3 aromatic rings. The van der Waals surface area contributed by atoms with Gasteiger partial charge < -0.3 is 28.9 Å². The highest BCUT2D eigenvalue weighted by molar-refractivity contribution is 8.09. The van der Waals surface area contributed by atoms with E-state index < -0.39 is 49.4 Å². The van der Waals surface area contributed by atoms with Crippen molar-refractivity contribution in [1.82, 2.24) is 24.6 Å². The number of hydrogen-bond acceptors (Lipinski definition) is 11. The Hall–Kier alpha value is -3.18. The zero-order valence-electron chi connectivity index (χ0n) is 21.6. The summed E-state index contributed by atoms with van der Waals surface area (Å²) >= 11 is 5.64. The minimum absolute atomic E-state index is 0.258. The predicted octanol–water partition coefficient (Wildman–Crippen LogP) is 2.25. The molecule has 6 atom stereocenters. The van der Waals surface area contributed by atoms with Crippen molar-refractivity contribution < 1.29 is 32.8 Å². The number of nitrogens with one attached hydrogen (secondary N) is 2. The molecule has 3 N–H and O–H groups in total. The lowest BCUT2D eigenvalue weighted by Crippen LogP contribution is -2.42. The van der Waals surface area contributed by atoms with Gasteiger partial charge in [0.1, 0.15) is 29.8 Å². The predicted molar refractivity (Wildman–Crippen MR) is 144 cm³/mol. The molecule has 3 heterocycles. The van der Waals surface area contributed by atoms with Crippen LogP contribution in [0, 0.1) is 19.3 Å². The van der Waals surface area contributed by atoms with Crippen LogP contribution >= 0.6 is 6.64 Å². The van der Waals surface area contributed by atoms with E-state index in [0.29, 0.717) is 22.9 Å².